The fraction of sp³-hybridized carbons (Fsp3) is 0.269. The number of carbonyl (C=O) groups excluding carboxylic acids is 1. The lowest BCUT2D eigenvalue weighted by Crippen LogP contribution is -2.48. The van der Waals surface area contributed by atoms with Crippen LogP contribution in [0.15, 0.2) is 72.8 Å². The topological polar surface area (TPSA) is 43.8 Å². The molecule has 1 amide bonds. The standard InChI is InChI=1S/C26H25FN2O2/c1-28-23-12-9-19(17-5-3-2-4-6-17)15-22(23)25-21(24(28)16-30)13-14-29(25)26(31)18-7-10-20(27)11-8-18/h2-12,15,21,24-25,30H,13-14,16H2,1H3/t21-,24-,25-/m1/s1. The van der Waals surface area contributed by atoms with Crippen LogP contribution in [0.2, 0.25) is 0 Å². The van der Waals surface area contributed by atoms with Crippen LogP contribution in [0.5, 0.6) is 0 Å². The van der Waals surface area contributed by atoms with Crippen LogP contribution in [-0.4, -0.2) is 42.2 Å². The number of fused-ring (bicyclic) bond motifs is 3. The maximum absolute atomic E-state index is 13.4. The zero-order valence-electron chi connectivity index (χ0n) is 17.4. The van der Waals surface area contributed by atoms with Crippen LogP contribution in [0.3, 0.4) is 0 Å². The number of rotatable bonds is 3. The first-order chi connectivity index (χ1) is 15.1. The summed E-state index contributed by atoms with van der Waals surface area (Å²) in [6, 6.07) is 22.1. The molecule has 158 valence electrons. The molecule has 31 heavy (non-hydrogen) atoms. The van der Waals surface area contributed by atoms with Crippen molar-refractivity contribution >= 4 is 11.6 Å². The zero-order chi connectivity index (χ0) is 21.5. The number of hydrogen-bond donors (Lipinski definition) is 1. The van der Waals surface area contributed by atoms with Gasteiger partial charge in [-0.1, -0.05) is 36.4 Å². The lowest BCUT2D eigenvalue weighted by Gasteiger charge is -2.44. The van der Waals surface area contributed by atoms with Crippen LogP contribution < -0.4 is 4.90 Å². The molecule has 0 radical (unpaired) electrons. The predicted octanol–water partition coefficient (Wildman–Crippen LogP) is 4.51. The Kier molecular flexibility index (Phi) is 4.98. The second kappa shape index (κ2) is 7.82. The number of anilines is 1. The number of hydrogen-bond acceptors (Lipinski definition) is 3. The number of likely N-dealkylation sites (N-methyl/N-ethyl adjacent to an activating group) is 1. The summed E-state index contributed by atoms with van der Waals surface area (Å²) in [6.07, 6.45) is 0.822. The van der Waals surface area contributed by atoms with Crippen LogP contribution in [0.25, 0.3) is 11.1 Å². The van der Waals surface area contributed by atoms with Crippen LogP contribution in [-0.2, 0) is 0 Å². The lowest BCUT2D eigenvalue weighted by molar-refractivity contribution is 0.0694. The highest BCUT2D eigenvalue weighted by Gasteiger charge is 2.47. The zero-order valence-corrected chi connectivity index (χ0v) is 17.4. The SMILES string of the molecule is CN1c2ccc(-c3ccccc3)cc2[C@H]2[C@H](CCN2C(=O)c2ccc(F)cc2)[C@H]1CO. The molecule has 0 bridgehead atoms. The van der Waals surface area contributed by atoms with Crippen molar-refractivity contribution in [1.29, 1.82) is 0 Å². The Morgan fingerprint density at radius 2 is 1.77 bits per heavy atom. The number of carbonyl (C=O) groups is 1. The molecule has 1 N–H and O–H groups in total. The van der Waals surface area contributed by atoms with Crippen molar-refractivity contribution in [3.05, 3.63) is 89.7 Å². The number of aliphatic hydroxyl groups excluding tert-OH is 1. The van der Waals surface area contributed by atoms with Crippen LogP contribution in [0, 0.1) is 11.7 Å². The third-order valence-corrected chi connectivity index (χ3v) is 6.81. The molecule has 0 aromatic heterocycles. The maximum Gasteiger partial charge on any atom is 0.254 e. The van der Waals surface area contributed by atoms with E-state index in [0.717, 1.165) is 28.8 Å². The minimum Gasteiger partial charge on any atom is -0.394 e. The van der Waals surface area contributed by atoms with Gasteiger partial charge in [0, 0.05) is 30.8 Å². The Bertz CT molecular complexity index is 1100. The van der Waals surface area contributed by atoms with E-state index in [1.807, 2.05) is 30.1 Å². The quantitative estimate of drug-likeness (QED) is 0.683. The van der Waals surface area contributed by atoms with Crippen molar-refractivity contribution in [2.75, 3.05) is 25.1 Å². The highest BCUT2D eigenvalue weighted by atomic mass is 19.1. The summed E-state index contributed by atoms with van der Waals surface area (Å²) < 4.78 is 13.4. The number of nitrogens with zero attached hydrogens (tertiary/aromatic N) is 2. The van der Waals surface area contributed by atoms with Crippen molar-refractivity contribution in [3.63, 3.8) is 0 Å². The molecule has 5 heteroatoms. The van der Waals surface area contributed by atoms with Crippen LogP contribution in [0.4, 0.5) is 10.1 Å². The van der Waals surface area contributed by atoms with Gasteiger partial charge in [-0.2, -0.15) is 0 Å². The molecule has 3 aromatic carbocycles. The van der Waals surface area contributed by atoms with E-state index in [1.54, 1.807) is 12.1 Å². The molecule has 2 aliphatic rings. The smallest absolute Gasteiger partial charge is 0.254 e. The highest BCUT2D eigenvalue weighted by molar-refractivity contribution is 5.95. The Labute approximate surface area is 181 Å². The first-order valence-electron chi connectivity index (χ1n) is 10.7. The van der Waals surface area contributed by atoms with Crippen molar-refractivity contribution in [3.8, 4) is 11.1 Å². The van der Waals surface area contributed by atoms with E-state index in [1.165, 1.54) is 12.1 Å². The van der Waals surface area contributed by atoms with Gasteiger partial charge in [0.2, 0.25) is 0 Å². The normalized spacial score (nSPS) is 22.2. The molecule has 0 unspecified atom stereocenters. The number of halogens is 1. The molecule has 4 nitrogen and oxygen atoms in total. The van der Waals surface area contributed by atoms with Gasteiger partial charge in [-0.3, -0.25) is 4.79 Å². The minimum atomic E-state index is -0.353. The van der Waals surface area contributed by atoms with Gasteiger partial charge in [0.1, 0.15) is 5.82 Å². The first-order valence-corrected chi connectivity index (χ1v) is 10.7. The molecular formula is C26H25FN2O2. The maximum atomic E-state index is 13.4. The van der Waals surface area contributed by atoms with Gasteiger partial charge in [0.15, 0.2) is 0 Å². The average Bonchev–Trinajstić information content (AvgIpc) is 3.25. The van der Waals surface area contributed by atoms with Crippen molar-refractivity contribution in [2.24, 2.45) is 5.92 Å². The summed E-state index contributed by atoms with van der Waals surface area (Å²) in [7, 11) is 2.02. The van der Waals surface area contributed by atoms with E-state index in [-0.39, 0.29) is 36.3 Å². The minimum absolute atomic E-state index is 0.0378. The van der Waals surface area contributed by atoms with Crippen molar-refractivity contribution in [1.82, 2.24) is 4.90 Å². The molecular weight excluding hydrogens is 391 g/mol. The Hall–Kier alpha value is -3.18. The molecule has 2 aliphatic heterocycles. The molecule has 0 aliphatic carbocycles. The second-order valence-corrected chi connectivity index (χ2v) is 8.40. The Balaban J connectivity index is 1.60. The fourth-order valence-corrected chi connectivity index (χ4v) is 5.25. The van der Waals surface area contributed by atoms with Gasteiger partial charge in [-0.05, 0) is 59.5 Å². The number of likely N-dealkylation sites (tertiary alicyclic amines) is 1. The van der Waals surface area contributed by atoms with Gasteiger partial charge in [-0.25, -0.2) is 4.39 Å². The molecule has 3 aromatic rings. The summed E-state index contributed by atoms with van der Waals surface area (Å²) in [5, 5.41) is 10.2. The highest BCUT2D eigenvalue weighted by Crippen LogP contribution is 2.49. The molecule has 1 fully saturated rings. The number of benzene rings is 3. The summed E-state index contributed by atoms with van der Waals surface area (Å²) in [5.74, 6) is -0.309. The summed E-state index contributed by atoms with van der Waals surface area (Å²) >= 11 is 0. The predicted molar refractivity (Wildman–Crippen MR) is 119 cm³/mol. The summed E-state index contributed by atoms with van der Waals surface area (Å²) in [5.41, 5.74) is 4.87. The number of amides is 1. The third kappa shape index (κ3) is 3.29. The van der Waals surface area contributed by atoms with E-state index in [0.29, 0.717) is 12.1 Å². The van der Waals surface area contributed by atoms with Gasteiger partial charge in [-0.15, -0.1) is 0 Å². The largest absolute Gasteiger partial charge is 0.394 e. The molecule has 0 saturated carbocycles. The van der Waals surface area contributed by atoms with Crippen molar-refractivity contribution in [2.45, 2.75) is 18.5 Å². The van der Waals surface area contributed by atoms with Gasteiger partial charge < -0.3 is 14.9 Å². The lowest BCUT2D eigenvalue weighted by atomic mass is 9.81. The summed E-state index contributed by atoms with van der Waals surface area (Å²) in [4.78, 5) is 17.4. The monoisotopic (exact) mass is 416 g/mol. The fourth-order valence-electron chi connectivity index (χ4n) is 5.25. The van der Waals surface area contributed by atoms with Crippen LogP contribution >= 0.6 is 0 Å². The van der Waals surface area contributed by atoms with Gasteiger partial charge in [0.25, 0.3) is 5.91 Å². The second-order valence-electron chi connectivity index (χ2n) is 8.40. The van der Waals surface area contributed by atoms with E-state index in [2.05, 4.69) is 35.2 Å². The van der Waals surface area contributed by atoms with E-state index in [9.17, 15) is 14.3 Å². The summed E-state index contributed by atoms with van der Waals surface area (Å²) in [6.45, 7) is 0.654. The van der Waals surface area contributed by atoms with Crippen LogP contribution in [0.1, 0.15) is 28.4 Å². The Morgan fingerprint density at radius 3 is 2.48 bits per heavy atom. The number of aliphatic hydroxyl groups is 1. The molecule has 2 heterocycles. The average molecular weight is 416 g/mol. The van der Waals surface area contributed by atoms with E-state index >= 15 is 0 Å². The third-order valence-electron chi connectivity index (χ3n) is 6.81. The molecule has 3 atom stereocenters. The molecule has 0 spiro atoms. The Morgan fingerprint density at radius 1 is 1.03 bits per heavy atom. The van der Waals surface area contributed by atoms with Gasteiger partial charge in [0.05, 0.1) is 18.7 Å². The molecule has 1 saturated heterocycles. The van der Waals surface area contributed by atoms with E-state index in [4.69, 9.17) is 0 Å². The first kappa shape index (κ1) is 19.8. The van der Waals surface area contributed by atoms with Crippen molar-refractivity contribution < 1.29 is 14.3 Å². The van der Waals surface area contributed by atoms with E-state index < -0.39 is 0 Å². The van der Waals surface area contributed by atoms with Gasteiger partial charge >= 0.3 is 0 Å². The molecule has 5 rings (SSSR count).